The van der Waals surface area contributed by atoms with Gasteiger partial charge in [-0.25, -0.2) is 0 Å². The lowest BCUT2D eigenvalue weighted by atomic mass is 9.76. The van der Waals surface area contributed by atoms with Crippen LogP contribution in [0.1, 0.15) is 43.7 Å². The van der Waals surface area contributed by atoms with Crippen molar-refractivity contribution in [2.24, 2.45) is 5.92 Å². The maximum Gasteiger partial charge on any atom is 0.168 e. The molecule has 19 heavy (non-hydrogen) atoms. The predicted molar refractivity (Wildman–Crippen MR) is 77.3 cm³/mol. The van der Waals surface area contributed by atoms with Crippen LogP contribution in [0.25, 0.3) is 0 Å². The summed E-state index contributed by atoms with van der Waals surface area (Å²) in [7, 11) is 1.68. The Labute approximate surface area is 116 Å². The van der Waals surface area contributed by atoms with Crippen molar-refractivity contribution in [3.05, 3.63) is 35.4 Å². The first kappa shape index (κ1) is 14.3. The van der Waals surface area contributed by atoms with Gasteiger partial charge < -0.3 is 4.74 Å². The number of ketones is 1. The van der Waals surface area contributed by atoms with E-state index in [1.807, 2.05) is 12.1 Å². The van der Waals surface area contributed by atoms with Crippen molar-refractivity contribution >= 4 is 5.78 Å². The topological polar surface area (TPSA) is 26.3 Å². The molecule has 1 aromatic carbocycles. The van der Waals surface area contributed by atoms with E-state index in [-0.39, 0.29) is 5.78 Å². The van der Waals surface area contributed by atoms with Crippen molar-refractivity contribution < 1.29 is 9.53 Å². The molecule has 2 rings (SSSR count). The number of ether oxygens (including phenoxy) is 1. The molecule has 0 saturated heterocycles. The fourth-order valence-electron chi connectivity index (χ4n) is 2.88. The van der Waals surface area contributed by atoms with Crippen molar-refractivity contribution in [1.29, 1.82) is 0 Å². The van der Waals surface area contributed by atoms with E-state index in [4.69, 9.17) is 4.74 Å². The Bertz CT molecular complexity index is 425. The number of hydrogen-bond acceptors (Lipinski definition) is 2. The average molecular weight is 260 g/mol. The number of aryl methyl sites for hydroxylation is 1. The van der Waals surface area contributed by atoms with E-state index in [0.29, 0.717) is 6.42 Å². The molecule has 0 spiro atoms. The first-order valence-electron chi connectivity index (χ1n) is 7.20. The summed E-state index contributed by atoms with van der Waals surface area (Å²) in [5.41, 5.74) is 1.78. The first-order valence-corrected chi connectivity index (χ1v) is 7.20. The van der Waals surface area contributed by atoms with Crippen LogP contribution < -0.4 is 0 Å². The molecule has 2 heteroatoms. The third kappa shape index (κ3) is 3.24. The SMILES string of the molecule is COC1(C(=O)Cc2ccc(C)cc2)CCC(C)CC1. The number of rotatable bonds is 4. The van der Waals surface area contributed by atoms with Gasteiger partial charge in [0.25, 0.3) is 0 Å². The summed E-state index contributed by atoms with van der Waals surface area (Å²) >= 11 is 0. The summed E-state index contributed by atoms with van der Waals surface area (Å²) in [6.07, 6.45) is 4.41. The predicted octanol–water partition coefficient (Wildman–Crippen LogP) is 3.70. The summed E-state index contributed by atoms with van der Waals surface area (Å²) < 4.78 is 5.64. The average Bonchev–Trinajstić information content (AvgIpc) is 2.42. The molecule has 1 aliphatic rings. The van der Waals surface area contributed by atoms with Gasteiger partial charge in [0.15, 0.2) is 5.78 Å². The lowest BCUT2D eigenvalue weighted by Gasteiger charge is -2.37. The largest absolute Gasteiger partial charge is 0.370 e. The number of hydrogen-bond donors (Lipinski definition) is 0. The Morgan fingerprint density at radius 3 is 2.37 bits per heavy atom. The van der Waals surface area contributed by atoms with Crippen LogP contribution in [0.15, 0.2) is 24.3 Å². The van der Waals surface area contributed by atoms with Crippen molar-refractivity contribution in [2.45, 2.75) is 51.6 Å². The van der Waals surface area contributed by atoms with E-state index in [1.165, 1.54) is 5.56 Å². The zero-order valence-corrected chi connectivity index (χ0v) is 12.2. The van der Waals surface area contributed by atoms with Gasteiger partial charge in [-0.1, -0.05) is 36.8 Å². The first-order chi connectivity index (χ1) is 9.05. The summed E-state index contributed by atoms with van der Waals surface area (Å²) in [5.74, 6) is 0.959. The van der Waals surface area contributed by atoms with Crippen molar-refractivity contribution in [2.75, 3.05) is 7.11 Å². The molecule has 0 heterocycles. The van der Waals surface area contributed by atoms with Gasteiger partial charge in [-0.3, -0.25) is 4.79 Å². The van der Waals surface area contributed by atoms with E-state index in [2.05, 4.69) is 26.0 Å². The van der Waals surface area contributed by atoms with Gasteiger partial charge in [0.1, 0.15) is 5.60 Å². The molecule has 0 atom stereocenters. The highest BCUT2D eigenvalue weighted by molar-refractivity contribution is 5.89. The zero-order valence-electron chi connectivity index (χ0n) is 12.2. The van der Waals surface area contributed by atoms with Crippen LogP contribution in [-0.2, 0) is 16.0 Å². The van der Waals surface area contributed by atoms with Crippen LogP contribution in [0.3, 0.4) is 0 Å². The smallest absolute Gasteiger partial charge is 0.168 e. The number of carbonyl (C=O) groups is 1. The molecule has 1 fully saturated rings. The Morgan fingerprint density at radius 2 is 1.84 bits per heavy atom. The van der Waals surface area contributed by atoms with Gasteiger partial charge in [0.05, 0.1) is 0 Å². The van der Waals surface area contributed by atoms with Crippen LogP contribution in [0.4, 0.5) is 0 Å². The molecule has 2 nitrogen and oxygen atoms in total. The highest BCUT2D eigenvalue weighted by atomic mass is 16.5. The van der Waals surface area contributed by atoms with E-state index < -0.39 is 5.60 Å². The monoisotopic (exact) mass is 260 g/mol. The van der Waals surface area contributed by atoms with Crippen molar-refractivity contribution in [3.63, 3.8) is 0 Å². The molecule has 0 aliphatic heterocycles. The summed E-state index contributed by atoms with van der Waals surface area (Å²) in [4.78, 5) is 12.6. The molecular weight excluding hydrogens is 236 g/mol. The van der Waals surface area contributed by atoms with Gasteiger partial charge in [-0.05, 0) is 44.1 Å². The molecule has 1 aromatic rings. The molecule has 104 valence electrons. The number of methoxy groups -OCH3 is 1. The molecule has 1 saturated carbocycles. The minimum absolute atomic E-state index is 0.241. The lowest BCUT2D eigenvalue weighted by Crippen LogP contribution is -2.44. The molecule has 0 amide bonds. The quantitative estimate of drug-likeness (QED) is 0.825. The van der Waals surface area contributed by atoms with E-state index >= 15 is 0 Å². The third-order valence-corrected chi connectivity index (χ3v) is 4.47. The maximum atomic E-state index is 12.6. The molecular formula is C17H24O2. The van der Waals surface area contributed by atoms with Crippen LogP contribution in [0, 0.1) is 12.8 Å². The lowest BCUT2D eigenvalue weighted by molar-refractivity contribution is -0.145. The fourth-order valence-corrected chi connectivity index (χ4v) is 2.88. The van der Waals surface area contributed by atoms with Crippen LogP contribution in [-0.4, -0.2) is 18.5 Å². The van der Waals surface area contributed by atoms with Crippen LogP contribution in [0.2, 0.25) is 0 Å². The second kappa shape index (κ2) is 5.87. The number of Topliss-reactive ketones (excluding diaryl/α,β-unsaturated/α-hetero) is 1. The Hall–Kier alpha value is -1.15. The summed E-state index contributed by atoms with van der Waals surface area (Å²) in [6.45, 7) is 4.31. The molecule has 1 aliphatic carbocycles. The van der Waals surface area contributed by atoms with Crippen LogP contribution >= 0.6 is 0 Å². The maximum absolute atomic E-state index is 12.6. The normalized spacial score (nSPS) is 27.2. The zero-order chi connectivity index (χ0) is 13.9. The Morgan fingerprint density at radius 1 is 1.26 bits per heavy atom. The van der Waals surface area contributed by atoms with Gasteiger partial charge in [0, 0.05) is 13.5 Å². The molecule has 0 N–H and O–H groups in total. The standard InChI is InChI=1S/C17H24O2/c1-13-4-6-15(7-5-13)12-16(18)17(19-3)10-8-14(2)9-11-17/h4-7,14H,8-12H2,1-3H3. The third-order valence-electron chi connectivity index (χ3n) is 4.47. The van der Waals surface area contributed by atoms with Crippen LogP contribution in [0.5, 0.6) is 0 Å². The van der Waals surface area contributed by atoms with Gasteiger partial charge in [0.2, 0.25) is 0 Å². The summed E-state index contributed by atoms with van der Waals surface area (Å²) in [6, 6.07) is 8.21. The Kier molecular flexibility index (Phi) is 4.41. The van der Waals surface area contributed by atoms with Crippen molar-refractivity contribution in [3.8, 4) is 0 Å². The minimum atomic E-state index is -0.530. The molecule has 0 aromatic heterocycles. The molecule has 0 radical (unpaired) electrons. The van der Waals surface area contributed by atoms with Gasteiger partial charge >= 0.3 is 0 Å². The van der Waals surface area contributed by atoms with Crippen molar-refractivity contribution in [1.82, 2.24) is 0 Å². The van der Waals surface area contributed by atoms with Gasteiger partial charge in [-0.15, -0.1) is 0 Å². The van der Waals surface area contributed by atoms with E-state index in [1.54, 1.807) is 7.11 Å². The fraction of sp³-hybridized carbons (Fsp3) is 0.588. The summed E-state index contributed by atoms with van der Waals surface area (Å²) in [5, 5.41) is 0. The van der Waals surface area contributed by atoms with E-state index in [0.717, 1.165) is 37.2 Å². The molecule has 0 unspecified atom stereocenters. The van der Waals surface area contributed by atoms with E-state index in [9.17, 15) is 4.79 Å². The molecule has 0 bridgehead atoms. The number of benzene rings is 1. The highest BCUT2D eigenvalue weighted by Crippen LogP contribution is 2.35. The minimum Gasteiger partial charge on any atom is -0.370 e. The van der Waals surface area contributed by atoms with Gasteiger partial charge in [-0.2, -0.15) is 0 Å². The second-order valence-corrected chi connectivity index (χ2v) is 5.97. The second-order valence-electron chi connectivity index (χ2n) is 5.97. The highest BCUT2D eigenvalue weighted by Gasteiger charge is 2.40. The number of carbonyl (C=O) groups excluding carboxylic acids is 1. The Balaban J connectivity index is 2.06.